The Labute approximate surface area is 193 Å². The fraction of sp³-hybridized carbons (Fsp3) is 0.435. The van der Waals surface area contributed by atoms with Gasteiger partial charge >= 0.3 is 0 Å². The van der Waals surface area contributed by atoms with E-state index in [0.717, 1.165) is 21.3 Å². The molecule has 0 spiro atoms. The van der Waals surface area contributed by atoms with E-state index >= 15 is 0 Å². The van der Waals surface area contributed by atoms with Crippen LogP contribution in [0.25, 0.3) is 0 Å². The van der Waals surface area contributed by atoms with Gasteiger partial charge in [-0.05, 0) is 62.1 Å². The molecule has 0 saturated carbocycles. The van der Waals surface area contributed by atoms with Crippen LogP contribution in [0.4, 0.5) is 0 Å². The first kappa shape index (κ1) is 23.8. The van der Waals surface area contributed by atoms with Gasteiger partial charge in [-0.1, -0.05) is 40.2 Å². The van der Waals surface area contributed by atoms with Gasteiger partial charge in [-0.3, -0.25) is 4.79 Å². The van der Waals surface area contributed by atoms with Gasteiger partial charge in [-0.25, -0.2) is 12.7 Å². The standard InChI is InChI=1S/C23H29BrN2O4S/c1-3-30-22-10-6-19(7-11-22)17(2)25-23(27)20-12-14-26(15-13-20)31(28,29)16-18-4-8-21(24)9-5-18/h4-11,17,20H,3,12-16H2,1-2H3,(H,25,27)/t17-/m0/s1. The molecule has 168 valence electrons. The lowest BCUT2D eigenvalue weighted by Crippen LogP contribution is -2.43. The van der Waals surface area contributed by atoms with Gasteiger partial charge in [0.1, 0.15) is 5.75 Å². The highest BCUT2D eigenvalue weighted by Gasteiger charge is 2.31. The zero-order valence-corrected chi connectivity index (χ0v) is 20.3. The molecule has 1 aliphatic heterocycles. The van der Waals surface area contributed by atoms with Gasteiger partial charge in [-0.2, -0.15) is 0 Å². The number of carbonyl (C=O) groups excluding carboxylic acids is 1. The number of ether oxygens (including phenoxy) is 1. The van der Waals surface area contributed by atoms with Crippen LogP contribution in [0.15, 0.2) is 53.0 Å². The van der Waals surface area contributed by atoms with Crippen LogP contribution < -0.4 is 10.1 Å². The number of nitrogens with one attached hydrogen (secondary N) is 1. The molecule has 1 aliphatic rings. The maximum atomic E-state index is 12.8. The van der Waals surface area contributed by atoms with Crippen molar-refractivity contribution in [3.63, 3.8) is 0 Å². The van der Waals surface area contributed by atoms with Crippen LogP contribution in [0.1, 0.15) is 43.9 Å². The first-order valence-corrected chi connectivity index (χ1v) is 12.9. The summed E-state index contributed by atoms with van der Waals surface area (Å²) in [5.74, 6) is 0.587. The molecular weight excluding hydrogens is 480 g/mol. The van der Waals surface area contributed by atoms with Gasteiger partial charge in [0.2, 0.25) is 15.9 Å². The van der Waals surface area contributed by atoms with E-state index in [4.69, 9.17) is 4.74 Å². The third-order valence-electron chi connectivity index (χ3n) is 5.53. The second-order valence-corrected chi connectivity index (χ2v) is 10.7. The van der Waals surface area contributed by atoms with Crippen molar-refractivity contribution >= 4 is 31.9 Å². The molecule has 2 aromatic rings. The van der Waals surface area contributed by atoms with Crippen molar-refractivity contribution in [3.8, 4) is 5.75 Å². The lowest BCUT2D eigenvalue weighted by Gasteiger charge is -2.31. The Morgan fingerprint density at radius 1 is 1.13 bits per heavy atom. The van der Waals surface area contributed by atoms with E-state index in [2.05, 4.69) is 21.2 Å². The lowest BCUT2D eigenvalue weighted by atomic mass is 9.96. The Bertz CT molecular complexity index is 970. The van der Waals surface area contributed by atoms with Gasteiger partial charge in [0, 0.05) is 23.5 Å². The van der Waals surface area contributed by atoms with Crippen molar-refractivity contribution in [2.75, 3.05) is 19.7 Å². The zero-order chi connectivity index (χ0) is 22.4. The number of hydrogen-bond donors (Lipinski definition) is 1. The molecule has 6 nitrogen and oxygen atoms in total. The van der Waals surface area contributed by atoms with Crippen LogP contribution in [0.3, 0.4) is 0 Å². The molecule has 1 N–H and O–H groups in total. The largest absolute Gasteiger partial charge is 0.494 e. The van der Waals surface area contributed by atoms with E-state index in [1.165, 1.54) is 4.31 Å². The summed E-state index contributed by atoms with van der Waals surface area (Å²) in [5.41, 5.74) is 1.76. The van der Waals surface area contributed by atoms with Crippen LogP contribution in [0.5, 0.6) is 5.75 Å². The van der Waals surface area contributed by atoms with Gasteiger partial charge in [-0.15, -0.1) is 0 Å². The molecule has 0 radical (unpaired) electrons. The van der Waals surface area contributed by atoms with Crippen molar-refractivity contribution in [2.24, 2.45) is 5.92 Å². The molecular formula is C23H29BrN2O4S. The fourth-order valence-corrected chi connectivity index (χ4v) is 5.54. The highest BCUT2D eigenvalue weighted by Crippen LogP contribution is 2.24. The second-order valence-electron chi connectivity index (χ2n) is 7.79. The predicted molar refractivity (Wildman–Crippen MR) is 125 cm³/mol. The summed E-state index contributed by atoms with van der Waals surface area (Å²) in [7, 11) is -3.40. The van der Waals surface area contributed by atoms with Crippen LogP contribution in [0.2, 0.25) is 0 Å². The smallest absolute Gasteiger partial charge is 0.223 e. The third-order valence-corrected chi connectivity index (χ3v) is 7.91. The minimum Gasteiger partial charge on any atom is -0.494 e. The van der Waals surface area contributed by atoms with Crippen molar-refractivity contribution in [1.29, 1.82) is 0 Å². The predicted octanol–water partition coefficient (Wildman–Crippen LogP) is 4.27. The normalized spacial score (nSPS) is 16.6. The number of piperidine rings is 1. The second kappa shape index (κ2) is 10.6. The van der Waals surface area contributed by atoms with E-state index in [9.17, 15) is 13.2 Å². The van der Waals surface area contributed by atoms with Gasteiger partial charge in [0.05, 0.1) is 18.4 Å². The summed E-state index contributed by atoms with van der Waals surface area (Å²) in [6.45, 7) is 5.24. The molecule has 2 aromatic carbocycles. The monoisotopic (exact) mass is 508 g/mol. The topological polar surface area (TPSA) is 75.7 Å². The van der Waals surface area contributed by atoms with E-state index in [0.29, 0.717) is 32.5 Å². The molecule has 0 aliphatic carbocycles. The maximum Gasteiger partial charge on any atom is 0.223 e. The Morgan fingerprint density at radius 3 is 2.32 bits per heavy atom. The fourth-order valence-electron chi connectivity index (χ4n) is 3.71. The number of hydrogen-bond acceptors (Lipinski definition) is 4. The number of halogens is 1. The molecule has 1 amide bonds. The maximum absolute atomic E-state index is 12.8. The Balaban J connectivity index is 1.51. The third kappa shape index (κ3) is 6.54. The highest BCUT2D eigenvalue weighted by molar-refractivity contribution is 9.10. The molecule has 8 heteroatoms. The Morgan fingerprint density at radius 2 is 1.74 bits per heavy atom. The van der Waals surface area contributed by atoms with Gasteiger partial charge in [0.25, 0.3) is 0 Å². The Hall–Kier alpha value is -1.90. The number of sulfonamides is 1. The summed E-state index contributed by atoms with van der Waals surface area (Å²) in [5, 5.41) is 3.06. The SMILES string of the molecule is CCOc1ccc([C@H](C)NC(=O)C2CCN(S(=O)(=O)Cc3ccc(Br)cc3)CC2)cc1. The van der Waals surface area contributed by atoms with Crippen molar-refractivity contribution in [2.45, 2.75) is 38.5 Å². The average Bonchev–Trinajstić information content (AvgIpc) is 2.76. The van der Waals surface area contributed by atoms with E-state index in [1.807, 2.05) is 62.4 Å². The number of carbonyl (C=O) groups is 1. The summed E-state index contributed by atoms with van der Waals surface area (Å²) < 4.78 is 33.4. The first-order chi connectivity index (χ1) is 14.8. The van der Waals surface area contributed by atoms with Gasteiger partial charge < -0.3 is 10.1 Å². The van der Waals surface area contributed by atoms with Crippen LogP contribution in [0, 0.1) is 5.92 Å². The quantitative estimate of drug-likeness (QED) is 0.577. The molecule has 1 saturated heterocycles. The summed E-state index contributed by atoms with van der Waals surface area (Å²) in [6.07, 6.45) is 1.06. The van der Waals surface area contributed by atoms with Crippen LogP contribution >= 0.6 is 15.9 Å². The highest BCUT2D eigenvalue weighted by atomic mass is 79.9. The number of benzene rings is 2. The molecule has 3 rings (SSSR count). The summed E-state index contributed by atoms with van der Waals surface area (Å²) in [6, 6.07) is 14.9. The molecule has 1 atom stereocenters. The van der Waals surface area contributed by atoms with Crippen LogP contribution in [-0.4, -0.2) is 38.3 Å². The first-order valence-electron chi connectivity index (χ1n) is 10.5. The molecule has 1 heterocycles. The van der Waals surface area contributed by atoms with Gasteiger partial charge in [0.15, 0.2) is 0 Å². The summed E-state index contributed by atoms with van der Waals surface area (Å²) >= 11 is 3.36. The average molecular weight is 509 g/mol. The molecule has 0 unspecified atom stereocenters. The lowest BCUT2D eigenvalue weighted by molar-refractivity contribution is -0.126. The molecule has 0 bridgehead atoms. The van der Waals surface area contributed by atoms with E-state index < -0.39 is 10.0 Å². The minimum atomic E-state index is -3.40. The van der Waals surface area contributed by atoms with E-state index in [-0.39, 0.29) is 23.6 Å². The van der Waals surface area contributed by atoms with E-state index in [1.54, 1.807) is 0 Å². The molecule has 0 aromatic heterocycles. The molecule has 31 heavy (non-hydrogen) atoms. The number of rotatable bonds is 8. The van der Waals surface area contributed by atoms with Crippen LogP contribution in [-0.2, 0) is 20.6 Å². The Kier molecular flexibility index (Phi) is 8.13. The summed E-state index contributed by atoms with van der Waals surface area (Å²) in [4.78, 5) is 12.7. The van der Waals surface area contributed by atoms with Crippen molar-refractivity contribution in [1.82, 2.24) is 9.62 Å². The van der Waals surface area contributed by atoms with Crippen molar-refractivity contribution in [3.05, 3.63) is 64.1 Å². The number of amides is 1. The minimum absolute atomic E-state index is 0.0219. The van der Waals surface area contributed by atoms with Crippen molar-refractivity contribution < 1.29 is 17.9 Å². The molecule has 1 fully saturated rings. The zero-order valence-electron chi connectivity index (χ0n) is 17.9. The number of nitrogens with zero attached hydrogens (tertiary/aromatic N) is 1.